The van der Waals surface area contributed by atoms with Gasteiger partial charge in [-0.05, 0) is 160 Å². The second-order valence-corrected chi connectivity index (χ2v) is 29.9. The lowest BCUT2D eigenvalue weighted by molar-refractivity contribution is 0.190. The van der Waals surface area contributed by atoms with Crippen molar-refractivity contribution in [3.05, 3.63) is 138 Å². The molecule has 0 saturated heterocycles. The molecule has 0 radical (unpaired) electrons. The van der Waals surface area contributed by atoms with Crippen molar-refractivity contribution < 1.29 is 13.9 Å². The smallest absolute Gasteiger partial charge is 0.328 e. The van der Waals surface area contributed by atoms with Gasteiger partial charge < -0.3 is 13.9 Å². The van der Waals surface area contributed by atoms with Gasteiger partial charge in [-0.1, -0.05) is 215 Å². The van der Waals surface area contributed by atoms with Crippen LogP contribution in [0.2, 0.25) is 0 Å². The van der Waals surface area contributed by atoms with E-state index >= 15 is 0 Å². The average Bonchev–Trinajstić information content (AvgIpc) is 3.12. The Kier molecular flexibility index (Phi) is 16.7. The minimum atomic E-state index is -2.30. The zero-order valence-corrected chi connectivity index (χ0v) is 49.8. The molecule has 4 rings (SSSR count). The first-order valence-electron chi connectivity index (χ1n) is 25.7. The highest BCUT2D eigenvalue weighted by molar-refractivity contribution is 7.40. The highest BCUT2D eigenvalue weighted by Gasteiger charge is 2.37. The van der Waals surface area contributed by atoms with Gasteiger partial charge in [-0.3, -0.25) is 0 Å². The standard InChI is InChI=1S/C64H99O3P/c1-39-29-43(57(5,6)7)33-49(61(17,18)19)53(39)47(54-40(2)30-44(58(8,9)10)34-50(54)62(20,21)22)37-66-68(65)67-38-48(55-41(3)31-45(59(11,12)13)35-51(55)63(23,24)25)56-42(4)32-46(60(14,15)16)36-52(56)64(26,27)28/h29-36,47-48,65H,37-38H2,1-28H3. The third-order valence-corrected chi connectivity index (χ3v) is 15.1. The van der Waals surface area contributed by atoms with Crippen LogP contribution in [0.1, 0.15) is 267 Å². The van der Waals surface area contributed by atoms with Gasteiger partial charge in [0.05, 0.1) is 13.2 Å². The summed E-state index contributed by atoms with van der Waals surface area (Å²) in [5, 5.41) is 0. The summed E-state index contributed by atoms with van der Waals surface area (Å²) < 4.78 is 13.7. The van der Waals surface area contributed by atoms with Crippen molar-refractivity contribution in [3.63, 3.8) is 0 Å². The van der Waals surface area contributed by atoms with Crippen LogP contribution >= 0.6 is 8.60 Å². The van der Waals surface area contributed by atoms with E-state index in [-0.39, 0.29) is 68.4 Å². The van der Waals surface area contributed by atoms with E-state index in [2.05, 4.69) is 242 Å². The third-order valence-electron chi connectivity index (χ3n) is 14.3. The summed E-state index contributed by atoms with van der Waals surface area (Å²) in [6.45, 7) is 65.4. The lowest BCUT2D eigenvalue weighted by Gasteiger charge is -2.37. The Bertz CT molecular complexity index is 2090. The summed E-state index contributed by atoms with van der Waals surface area (Å²) in [4.78, 5) is 12.4. The van der Waals surface area contributed by atoms with Gasteiger partial charge in [0.1, 0.15) is 0 Å². The minimum Gasteiger partial charge on any atom is -0.328 e. The first kappa shape index (κ1) is 57.8. The summed E-state index contributed by atoms with van der Waals surface area (Å²) in [7, 11) is -2.30. The number of hydrogen-bond acceptors (Lipinski definition) is 3. The Morgan fingerprint density at radius 3 is 0.647 bits per heavy atom. The van der Waals surface area contributed by atoms with Crippen LogP contribution in [0.4, 0.5) is 0 Å². The van der Waals surface area contributed by atoms with Crippen LogP contribution in [0, 0.1) is 27.7 Å². The molecule has 0 aliphatic heterocycles. The molecule has 0 heterocycles. The molecule has 0 spiro atoms. The van der Waals surface area contributed by atoms with Crippen LogP contribution in [0.3, 0.4) is 0 Å². The molecule has 68 heavy (non-hydrogen) atoms. The first-order valence-corrected chi connectivity index (χ1v) is 26.9. The molecule has 0 amide bonds. The van der Waals surface area contributed by atoms with Gasteiger partial charge in [0, 0.05) is 11.8 Å². The largest absolute Gasteiger partial charge is 0.329 e. The molecular weight excluding hydrogens is 848 g/mol. The number of hydrogen-bond donors (Lipinski definition) is 1. The molecule has 4 aromatic rings. The Morgan fingerprint density at radius 2 is 0.500 bits per heavy atom. The molecule has 4 aromatic carbocycles. The van der Waals surface area contributed by atoms with Crippen LogP contribution in [0.15, 0.2) is 48.5 Å². The van der Waals surface area contributed by atoms with E-state index in [4.69, 9.17) is 9.05 Å². The third kappa shape index (κ3) is 13.4. The van der Waals surface area contributed by atoms with Crippen molar-refractivity contribution in [3.8, 4) is 0 Å². The molecular formula is C64H99O3P. The molecule has 0 unspecified atom stereocenters. The maximum absolute atomic E-state index is 12.4. The lowest BCUT2D eigenvalue weighted by Crippen LogP contribution is -2.27. The fourth-order valence-corrected chi connectivity index (χ4v) is 10.8. The van der Waals surface area contributed by atoms with Gasteiger partial charge in [0.2, 0.25) is 0 Å². The number of benzene rings is 4. The molecule has 378 valence electrons. The first-order chi connectivity index (χ1) is 30.4. The molecule has 0 aliphatic carbocycles. The van der Waals surface area contributed by atoms with Crippen molar-refractivity contribution >= 4 is 8.60 Å². The van der Waals surface area contributed by atoms with Crippen LogP contribution in [0.25, 0.3) is 0 Å². The van der Waals surface area contributed by atoms with Crippen LogP contribution in [-0.4, -0.2) is 18.1 Å². The molecule has 0 bridgehead atoms. The number of rotatable bonds is 10. The Labute approximate surface area is 420 Å². The molecule has 1 N–H and O–H groups in total. The van der Waals surface area contributed by atoms with Crippen molar-refractivity contribution in [2.75, 3.05) is 13.2 Å². The fraction of sp³-hybridized carbons (Fsp3) is 0.625. The van der Waals surface area contributed by atoms with Crippen molar-refractivity contribution in [1.29, 1.82) is 0 Å². The summed E-state index contributed by atoms with van der Waals surface area (Å²) in [6, 6.07) is 19.4. The van der Waals surface area contributed by atoms with E-state index in [1.165, 1.54) is 89.0 Å². The maximum Gasteiger partial charge on any atom is 0.329 e. The van der Waals surface area contributed by atoms with Gasteiger partial charge >= 0.3 is 8.60 Å². The average molecular weight is 947 g/mol. The van der Waals surface area contributed by atoms with Gasteiger partial charge in [-0.2, -0.15) is 0 Å². The van der Waals surface area contributed by atoms with E-state index in [9.17, 15) is 4.89 Å². The van der Waals surface area contributed by atoms with Crippen molar-refractivity contribution in [2.45, 2.75) is 249 Å². The summed E-state index contributed by atoms with van der Waals surface area (Å²) in [5.74, 6) is -0.310. The normalized spacial score (nSPS) is 14.0. The second kappa shape index (κ2) is 19.7. The van der Waals surface area contributed by atoms with E-state index in [0.717, 1.165) is 0 Å². The van der Waals surface area contributed by atoms with Gasteiger partial charge in [0.15, 0.2) is 0 Å². The molecule has 3 nitrogen and oxygen atoms in total. The summed E-state index contributed by atoms with van der Waals surface area (Å²) in [6.07, 6.45) is 0. The summed E-state index contributed by atoms with van der Waals surface area (Å²) >= 11 is 0. The second-order valence-electron chi connectivity index (χ2n) is 29.0. The van der Waals surface area contributed by atoms with Crippen LogP contribution in [0.5, 0.6) is 0 Å². The molecule has 0 saturated carbocycles. The van der Waals surface area contributed by atoms with Gasteiger partial charge in [-0.25, -0.2) is 0 Å². The Morgan fingerprint density at radius 1 is 0.324 bits per heavy atom. The topological polar surface area (TPSA) is 38.7 Å². The predicted molar refractivity (Wildman–Crippen MR) is 299 cm³/mol. The summed E-state index contributed by atoms with van der Waals surface area (Å²) in [5.41, 5.74) is 20.1. The van der Waals surface area contributed by atoms with Crippen molar-refractivity contribution in [2.24, 2.45) is 0 Å². The highest BCUT2D eigenvalue weighted by Crippen LogP contribution is 2.49. The molecule has 0 fully saturated rings. The van der Waals surface area contributed by atoms with E-state index in [1.807, 2.05) is 0 Å². The lowest BCUT2D eigenvalue weighted by atomic mass is 9.69. The quantitative estimate of drug-likeness (QED) is 0.161. The monoisotopic (exact) mass is 947 g/mol. The highest BCUT2D eigenvalue weighted by atomic mass is 31.2. The van der Waals surface area contributed by atoms with E-state index in [1.54, 1.807) is 0 Å². The predicted octanol–water partition coefficient (Wildman–Crippen LogP) is 18.5. The van der Waals surface area contributed by atoms with Gasteiger partial charge in [-0.15, -0.1) is 0 Å². The fourth-order valence-electron chi connectivity index (χ4n) is 10.2. The van der Waals surface area contributed by atoms with E-state index < -0.39 is 8.60 Å². The Balaban J connectivity index is 2.01. The van der Waals surface area contributed by atoms with E-state index in [0.29, 0.717) is 0 Å². The number of aryl methyl sites for hydroxylation is 4. The SMILES string of the molecule is Cc1cc(C(C)(C)C)cc(C(C)(C)C)c1C(COP(O)OCC(c1c(C)cc(C(C)(C)C)cc1C(C)(C)C)c1c(C)cc(C(C)(C)C)cc1C(C)(C)C)c1c(C)cc(C(C)(C)C)cc1C(C)(C)C. The van der Waals surface area contributed by atoms with Crippen molar-refractivity contribution in [1.82, 2.24) is 0 Å². The molecule has 4 heteroatoms. The zero-order valence-electron chi connectivity index (χ0n) is 48.9. The minimum absolute atomic E-state index is 0.0174. The molecule has 0 atom stereocenters. The zero-order chi connectivity index (χ0) is 52.5. The maximum atomic E-state index is 12.4. The Hall–Kier alpha value is -2.81. The van der Waals surface area contributed by atoms with Crippen LogP contribution < -0.4 is 0 Å². The van der Waals surface area contributed by atoms with Gasteiger partial charge in [0.25, 0.3) is 0 Å². The molecule has 0 aromatic heterocycles. The van der Waals surface area contributed by atoms with Crippen LogP contribution in [-0.2, 0) is 52.4 Å². The molecule has 0 aliphatic rings.